The minimum Gasteiger partial charge on any atom is -0.369 e. The van der Waals surface area contributed by atoms with Crippen LogP contribution in [-0.4, -0.2) is 30.0 Å². The van der Waals surface area contributed by atoms with Gasteiger partial charge in [-0.25, -0.2) is 0 Å². The van der Waals surface area contributed by atoms with E-state index in [0.717, 1.165) is 41.5 Å². The molecule has 4 nitrogen and oxygen atoms in total. The quantitative estimate of drug-likeness (QED) is 0.938. The van der Waals surface area contributed by atoms with Crippen molar-refractivity contribution in [3.8, 4) is 0 Å². The third-order valence-electron chi connectivity index (χ3n) is 4.06. The molecule has 1 fully saturated rings. The average Bonchev–Trinajstić information content (AvgIpc) is 2.98. The van der Waals surface area contributed by atoms with Crippen molar-refractivity contribution in [2.45, 2.75) is 25.8 Å². The Morgan fingerprint density at radius 1 is 1.39 bits per heavy atom. The third kappa shape index (κ3) is 4.23. The summed E-state index contributed by atoms with van der Waals surface area (Å²) in [6.45, 7) is 3.68. The maximum Gasteiger partial charge on any atom is 0.224 e. The summed E-state index contributed by atoms with van der Waals surface area (Å²) in [5.41, 5.74) is 3.01. The van der Waals surface area contributed by atoms with E-state index in [1.165, 1.54) is 0 Å². The number of pyridine rings is 1. The zero-order valence-corrected chi connectivity index (χ0v) is 13.9. The van der Waals surface area contributed by atoms with Gasteiger partial charge < -0.3 is 10.2 Å². The van der Waals surface area contributed by atoms with E-state index in [0.29, 0.717) is 6.42 Å². The van der Waals surface area contributed by atoms with Gasteiger partial charge in [0.1, 0.15) is 0 Å². The summed E-state index contributed by atoms with van der Waals surface area (Å²) in [7, 11) is 0. The number of carbonyl (C=O) groups is 1. The minimum atomic E-state index is 0.0496. The number of nitrogens with zero attached hydrogens (tertiary/aromatic N) is 2. The van der Waals surface area contributed by atoms with Gasteiger partial charge in [-0.1, -0.05) is 23.7 Å². The summed E-state index contributed by atoms with van der Waals surface area (Å²) < 4.78 is 0. The van der Waals surface area contributed by atoms with E-state index in [1.807, 2.05) is 43.3 Å². The predicted molar refractivity (Wildman–Crippen MR) is 92.9 cm³/mol. The summed E-state index contributed by atoms with van der Waals surface area (Å²) in [5, 5.41) is 3.85. The van der Waals surface area contributed by atoms with Crippen molar-refractivity contribution < 1.29 is 4.79 Å². The Kier molecular flexibility index (Phi) is 4.82. The Balaban J connectivity index is 1.53. The minimum absolute atomic E-state index is 0.0496. The van der Waals surface area contributed by atoms with Gasteiger partial charge in [0, 0.05) is 41.7 Å². The maximum absolute atomic E-state index is 12.2. The molecule has 3 rings (SSSR count). The van der Waals surface area contributed by atoms with Crippen molar-refractivity contribution >= 4 is 23.2 Å². The van der Waals surface area contributed by atoms with Crippen LogP contribution in [0.2, 0.25) is 5.02 Å². The van der Waals surface area contributed by atoms with Crippen molar-refractivity contribution in [3.63, 3.8) is 0 Å². The van der Waals surface area contributed by atoms with Gasteiger partial charge in [0.05, 0.1) is 6.42 Å². The first kappa shape index (κ1) is 15.8. The molecule has 23 heavy (non-hydrogen) atoms. The predicted octanol–water partition coefficient (Wildman–Crippen LogP) is 2.98. The van der Waals surface area contributed by atoms with Crippen LogP contribution in [0.5, 0.6) is 0 Å². The summed E-state index contributed by atoms with van der Waals surface area (Å²) in [6.07, 6.45) is 3.09. The molecular weight excluding hydrogens is 310 g/mol. The van der Waals surface area contributed by atoms with Crippen molar-refractivity contribution in [1.82, 2.24) is 10.3 Å². The van der Waals surface area contributed by atoms with Crippen molar-refractivity contribution in [1.29, 1.82) is 0 Å². The number of rotatable bonds is 4. The van der Waals surface area contributed by atoms with Gasteiger partial charge in [-0.05, 0) is 43.2 Å². The summed E-state index contributed by atoms with van der Waals surface area (Å²) >= 11 is 6.04. The molecule has 1 unspecified atom stereocenters. The van der Waals surface area contributed by atoms with Crippen LogP contribution in [0.3, 0.4) is 0 Å². The number of carbonyl (C=O) groups excluding carboxylic acids is 1. The van der Waals surface area contributed by atoms with E-state index in [1.54, 1.807) is 6.20 Å². The number of amides is 1. The van der Waals surface area contributed by atoms with Crippen LogP contribution in [0.1, 0.15) is 17.7 Å². The van der Waals surface area contributed by atoms with Crippen LogP contribution < -0.4 is 10.2 Å². The van der Waals surface area contributed by atoms with Gasteiger partial charge in [0.25, 0.3) is 0 Å². The van der Waals surface area contributed by atoms with E-state index in [2.05, 4.69) is 15.2 Å². The van der Waals surface area contributed by atoms with Crippen LogP contribution in [-0.2, 0) is 11.2 Å². The van der Waals surface area contributed by atoms with Gasteiger partial charge in [-0.2, -0.15) is 0 Å². The number of hydrogen-bond donors (Lipinski definition) is 1. The highest BCUT2D eigenvalue weighted by Crippen LogP contribution is 2.23. The molecule has 2 aromatic rings. The molecule has 1 aromatic heterocycles. The number of aryl methyl sites for hydroxylation is 1. The first-order valence-electron chi connectivity index (χ1n) is 7.81. The molecule has 1 N–H and O–H groups in total. The lowest BCUT2D eigenvalue weighted by Gasteiger charge is -2.19. The third-order valence-corrected chi connectivity index (χ3v) is 4.30. The molecule has 1 aromatic carbocycles. The summed E-state index contributed by atoms with van der Waals surface area (Å²) in [6, 6.07) is 11.9. The Bertz CT molecular complexity index is 687. The Labute approximate surface area is 141 Å². The highest BCUT2D eigenvalue weighted by molar-refractivity contribution is 6.30. The summed E-state index contributed by atoms with van der Waals surface area (Å²) in [4.78, 5) is 18.6. The first-order valence-corrected chi connectivity index (χ1v) is 8.19. The number of nitrogens with one attached hydrogen (secondary N) is 1. The van der Waals surface area contributed by atoms with Crippen molar-refractivity contribution in [2.24, 2.45) is 0 Å². The van der Waals surface area contributed by atoms with Crippen LogP contribution in [0.25, 0.3) is 0 Å². The topological polar surface area (TPSA) is 45.2 Å². The smallest absolute Gasteiger partial charge is 0.224 e. The molecule has 5 heteroatoms. The SMILES string of the molecule is Cc1ccc(CC(=O)NC2CCN(c3cccc(Cl)c3)C2)cn1. The van der Waals surface area contributed by atoms with Gasteiger partial charge in [-0.3, -0.25) is 9.78 Å². The second-order valence-electron chi connectivity index (χ2n) is 5.96. The molecule has 1 saturated heterocycles. The Morgan fingerprint density at radius 2 is 2.26 bits per heavy atom. The second-order valence-corrected chi connectivity index (χ2v) is 6.40. The number of halogens is 1. The molecule has 0 radical (unpaired) electrons. The molecule has 1 aliphatic rings. The monoisotopic (exact) mass is 329 g/mol. The van der Waals surface area contributed by atoms with Gasteiger partial charge in [0.15, 0.2) is 0 Å². The van der Waals surface area contributed by atoms with E-state index >= 15 is 0 Å². The van der Waals surface area contributed by atoms with Gasteiger partial charge in [0.2, 0.25) is 5.91 Å². The molecule has 0 aliphatic carbocycles. The highest BCUT2D eigenvalue weighted by atomic mass is 35.5. The first-order chi connectivity index (χ1) is 11.1. The van der Waals surface area contributed by atoms with E-state index < -0.39 is 0 Å². The molecular formula is C18H20ClN3O. The fourth-order valence-electron chi connectivity index (χ4n) is 2.85. The molecule has 0 saturated carbocycles. The fraction of sp³-hybridized carbons (Fsp3) is 0.333. The largest absolute Gasteiger partial charge is 0.369 e. The van der Waals surface area contributed by atoms with E-state index in [9.17, 15) is 4.79 Å². The lowest BCUT2D eigenvalue weighted by Crippen LogP contribution is -2.38. The molecule has 0 spiro atoms. The zero-order chi connectivity index (χ0) is 16.2. The highest BCUT2D eigenvalue weighted by Gasteiger charge is 2.24. The average molecular weight is 330 g/mol. The Morgan fingerprint density at radius 3 is 3.00 bits per heavy atom. The second kappa shape index (κ2) is 7.01. The maximum atomic E-state index is 12.2. The van der Waals surface area contributed by atoms with Crippen LogP contribution in [0.15, 0.2) is 42.6 Å². The standard InChI is InChI=1S/C18H20ClN3O/c1-13-5-6-14(11-20-13)9-18(23)21-16-7-8-22(12-16)17-4-2-3-15(19)10-17/h2-6,10-11,16H,7-9,12H2,1H3,(H,21,23). The number of benzene rings is 1. The molecule has 1 aliphatic heterocycles. The number of aromatic nitrogens is 1. The van der Waals surface area contributed by atoms with Gasteiger partial charge in [-0.15, -0.1) is 0 Å². The normalized spacial score (nSPS) is 17.3. The summed E-state index contributed by atoms with van der Waals surface area (Å²) in [5.74, 6) is 0.0496. The van der Waals surface area contributed by atoms with Crippen LogP contribution >= 0.6 is 11.6 Å². The lowest BCUT2D eigenvalue weighted by molar-refractivity contribution is -0.121. The number of anilines is 1. The molecule has 0 bridgehead atoms. The Hall–Kier alpha value is -2.07. The fourth-order valence-corrected chi connectivity index (χ4v) is 3.04. The number of hydrogen-bond acceptors (Lipinski definition) is 3. The van der Waals surface area contributed by atoms with Crippen LogP contribution in [0, 0.1) is 6.92 Å². The van der Waals surface area contributed by atoms with Crippen LogP contribution in [0.4, 0.5) is 5.69 Å². The van der Waals surface area contributed by atoms with Crippen molar-refractivity contribution in [3.05, 3.63) is 58.9 Å². The molecule has 120 valence electrons. The van der Waals surface area contributed by atoms with E-state index in [4.69, 9.17) is 11.6 Å². The molecule has 1 amide bonds. The van der Waals surface area contributed by atoms with Crippen molar-refractivity contribution in [2.75, 3.05) is 18.0 Å². The molecule has 1 atom stereocenters. The van der Waals surface area contributed by atoms with E-state index in [-0.39, 0.29) is 11.9 Å². The zero-order valence-electron chi connectivity index (χ0n) is 13.1. The lowest BCUT2D eigenvalue weighted by atomic mass is 10.1. The van der Waals surface area contributed by atoms with Gasteiger partial charge >= 0.3 is 0 Å². The molecule has 2 heterocycles.